The molecule has 1 amide bonds. The second-order valence-corrected chi connectivity index (χ2v) is 5.86. The average Bonchev–Trinajstić information content (AvgIpc) is 2.69. The van der Waals surface area contributed by atoms with E-state index in [9.17, 15) is 9.59 Å². The van der Waals surface area contributed by atoms with Crippen LogP contribution in [0.25, 0.3) is 0 Å². The summed E-state index contributed by atoms with van der Waals surface area (Å²) >= 11 is 0. The summed E-state index contributed by atoms with van der Waals surface area (Å²) in [4.78, 5) is 23.3. The van der Waals surface area contributed by atoms with Gasteiger partial charge in [-0.2, -0.15) is 0 Å². The Morgan fingerprint density at radius 2 is 1.37 bits per heavy atom. The molecule has 0 radical (unpaired) electrons. The lowest BCUT2D eigenvalue weighted by atomic mass is 10.1. The lowest BCUT2D eigenvalue weighted by Gasteiger charge is -2.09. The van der Waals surface area contributed by atoms with Crippen molar-refractivity contribution in [2.24, 2.45) is 0 Å². The second-order valence-electron chi connectivity index (χ2n) is 5.86. The minimum absolute atomic E-state index is 0.0148. The number of carbonyl (C=O) groups is 2. The number of benzene rings is 3. The number of amides is 1. The minimum atomic E-state index is -0.276. The molecule has 5 heteroatoms. The van der Waals surface area contributed by atoms with Crippen LogP contribution in [-0.2, 0) is 4.79 Å². The summed E-state index contributed by atoms with van der Waals surface area (Å²) in [5.74, 6) is 1.67. The smallest absolute Gasteiger partial charge is 0.262 e. The van der Waals surface area contributed by atoms with Crippen molar-refractivity contribution in [2.75, 3.05) is 11.9 Å². The molecule has 0 heterocycles. The van der Waals surface area contributed by atoms with E-state index in [2.05, 4.69) is 5.32 Å². The van der Waals surface area contributed by atoms with E-state index < -0.39 is 0 Å². The van der Waals surface area contributed by atoms with Gasteiger partial charge in [-0.15, -0.1) is 0 Å². The first-order valence-corrected chi connectivity index (χ1v) is 8.47. The molecule has 3 aromatic rings. The topological polar surface area (TPSA) is 64.6 Å². The molecule has 0 unspecified atom stereocenters. The molecule has 0 aliphatic carbocycles. The van der Waals surface area contributed by atoms with E-state index in [1.165, 1.54) is 6.92 Å². The van der Waals surface area contributed by atoms with Crippen molar-refractivity contribution in [3.63, 3.8) is 0 Å². The fraction of sp³-hybridized carbons (Fsp3) is 0.0909. The van der Waals surface area contributed by atoms with Crippen LogP contribution in [-0.4, -0.2) is 18.3 Å². The van der Waals surface area contributed by atoms with E-state index in [1.54, 1.807) is 48.5 Å². The highest BCUT2D eigenvalue weighted by molar-refractivity contribution is 5.94. The van der Waals surface area contributed by atoms with Gasteiger partial charge in [-0.1, -0.05) is 18.2 Å². The summed E-state index contributed by atoms with van der Waals surface area (Å²) < 4.78 is 11.1. The van der Waals surface area contributed by atoms with E-state index in [4.69, 9.17) is 9.47 Å². The minimum Gasteiger partial charge on any atom is -0.484 e. The second kappa shape index (κ2) is 8.67. The molecule has 0 saturated carbocycles. The number of hydrogen-bond donors (Lipinski definition) is 1. The molecule has 5 nitrogen and oxygen atoms in total. The lowest BCUT2D eigenvalue weighted by Crippen LogP contribution is -2.20. The number of carbonyl (C=O) groups excluding carboxylic acids is 2. The summed E-state index contributed by atoms with van der Waals surface area (Å²) in [7, 11) is 0. The van der Waals surface area contributed by atoms with E-state index >= 15 is 0 Å². The van der Waals surface area contributed by atoms with Crippen molar-refractivity contribution >= 4 is 17.4 Å². The molecule has 0 fully saturated rings. The molecule has 0 aliphatic heterocycles. The van der Waals surface area contributed by atoms with Gasteiger partial charge in [-0.05, 0) is 67.6 Å². The van der Waals surface area contributed by atoms with Crippen LogP contribution in [0.4, 0.5) is 5.69 Å². The van der Waals surface area contributed by atoms with Crippen molar-refractivity contribution < 1.29 is 19.1 Å². The van der Waals surface area contributed by atoms with Gasteiger partial charge in [-0.25, -0.2) is 0 Å². The first-order chi connectivity index (χ1) is 13.1. The third-order valence-electron chi connectivity index (χ3n) is 3.75. The third-order valence-corrected chi connectivity index (χ3v) is 3.75. The zero-order chi connectivity index (χ0) is 19.1. The fourth-order valence-corrected chi connectivity index (χ4v) is 2.36. The van der Waals surface area contributed by atoms with Gasteiger partial charge in [-0.3, -0.25) is 9.59 Å². The van der Waals surface area contributed by atoms with Gasteiger partial charge in [0.05, 0.1) is 0 Å². The molecule has 0 aromatic heterocycles. The van der Waals surface area contributed by atoms with Gasteiger partial charge in [0.2, 0.25) is 0 Å². The number of Topliss-reactive ketones (excluding diaryl/α,β-unsaturated/α-hetero) is 1. The predicted octanol–water partition coefficient (Wildman–Crippen LogP) is 4.70. The number of ketones is 1. The quantitative estimate of drug-likeness (QED) is 0.620. The van der Waals surface area contributed by atoms with E-state index in [0.717, 1.165) is 5.75 Å². The molecule has 0 bridgehead atoms. The molecule has 3 rings (SSSR count). The molecule has 1 N–H and O–H groups in total. The highest BCUT2D eigenvalue weighted by Crippen LogP contribution is 2.22. The molecule has 0 atom stereocenters. The van der Waals surface area contributed by atoms with Crippen LogP contribution in [0.3, 0.4) is 0 Å². The SMILES string of the molecule is CC(=O)c1ccc(OCC(=O)Nc2ccc(Oc3ccccc3)cc2)cc1. The van der Waals surface area contributed by atoms with Gasteiger partial charge < -0.3 is 14.8 Å². The predicted molar refractivity (Wildman–Crippen MR) is 104 cm³/mol. The van der Waals surface area contributed by atoms with E-state index in [-0.39, 0.29) is 18.3 Å². The number of rotatable bonds is 7. The van der Waals surface area contributed by atoms with Crippen molar-refractivity contribution in [1.82, 2.24) is 0 Å². The largest absolute Gasteiger partial charge is 0.484 e. The molecular weight excluding hydrogens is 342 g/mol. The Morgan fingerprint density at radius 3 is 2.00 bits per heavy atom. The van der Waals surface area contributed by atoms with Crippen LogP contribution in [0.1, 0.15) is 17.3 Å². The molecule has 0 aliphatic rings. The molecule has 0 spiro atoms. The van der Waals surface area contributed by atoms with Crippen molar-refractivity contribution in [3.05, 3.63) is 84.4 Å². The summed E-state index contributed by atoms with van der Waals surface area (Å²) in [6.07, 6.45) is 0. The maximum absolute atomic E-state index is 12.0. The number of hydrogen-bond acceptors (Lipinski definition) is 4. The van der Waals surface area contributed by atoms with Crippen molar-refractivity contribution in [3.8, 4) is 17.2 Å². The highest BCUT2D eigenvalue weighted by Gasteiger charge is 2.05. The normalized spacial score (nSPS) is 10.1. The molecule has 27 heavy (non-hydrogen) atoms. The van der Waals surface area contributed by atoms with Gasteiger partial charge in [0.15, 0.2) is 12.4 Å². The van der Waals surface area contributed by atoms with Crippen LogP contribution in [0.15, 0.2) is 78.9 Å². The Balaban J connectivity index is 1.49. The van der Waals surface area contributed by atoms with E-state index in [0.29, 0.717) is 22.7 Å². The van der Waals surface area contributed by atoms with Crippen molar-refractivity contribution in [1.29, 1.82) is 0 Å². The fourth-order valence-electron chi connectivity index (χ4n) is 2.36. The maximum Gasteiger partial charge on any atom is 0.262 e. The average molecular weight is 361 g/mol. The Hall–Kier alpha value is -3.60. The zero-order valence-corrected chi connectivity index (χ0v) is 14.8. The monoisotopic (exact) mass is 361 g/mol. The lowest BCUT2D eigenvalue weighted by molar-refractivity contribution is -0.118. The Kier molecular flexibility index (Phi) is 5.84. The summed E-state index contributed by atoms with van der Waals surface area (Å²) in [6.45, 7) is 1.38. The highest BCUT2D eigenvalue weighted by atomic mass is 16.5. The van der Waals surface area contributed by atoms with Crippen LogP contribution >= 0.6 is 0 Å². The van der Waals surface area contributed by atoms with Gasteiger partial charge >= 0.3 is 0 Å². The van der Waals surface area contributed by atoms with Gasteiger partial charge in [0.25, 0.3) is 5.91 Å². The number of anilines is 1. The van der Waals surface area contributed by atoms with Crippen LogP contribution in [0.2, 0.25) is 0 Å². The number of nitrogens with one attached hydrogen (secondary N) is 1. The Morgan fingerprint density at radius 1 is 0.778 bits per heavy atom. The van der Waals surface area contributed by atoms with Crippen molar-refractivity contribution in [2.45, 2.75) is 6.92 Å². The first kappa shape index (κ1) is 18.2. The molecule has 3 aromatic carbocycles. The van der Waals surface area contributed by atoms with Crippen LogP contribution in [0, 0.1) is 0 Å². The third kappa shape index (κ3) is 5.44. The van der Waals surface area contributed by atoms with Gasteiger partial charge in [0, 0.05) is 11.3 Å². The Labute approximate surface area is 157 Å². The van der Waals surface area contributed by atoms with Gasteiger partial charge in [0.1, 0.15) is 17.2 Å². The standard InChI is InChI=1S/C22H19NO4/c1-16(24)17-7-11-19(12-8-17)26-15-22(25)23-18-9-13-21(14-10-18)27-20-5-3-2-4-6-20/h2-14H,15H2,1H3,(H,23,25). The van der Waals surface area contributed by atoms with Crippen LogP contribution < -0.4 is 14.8 Å². The maximum atomic E-state index is 12.0. The summed E-state index contributed by atoms with van der Waals surface area (Å²) in [6, 6.07) is 23.2. The summed E-state index contributed by atoms with van der Waals surface area (Å²) in [5.41, 5.74) is 1.25. The summed E-state index contributed by atoms with van der Waals surface area (Å²) in [5, 5.41) is 2.76. The molecule has 0 saturated heterocycles. The zero-order valence-electron chi connectivity index (χ0n) is 14.8. The first-order valence-electron chi connectivity index (χ1n) is 8.47. The molecule has 136 valence electrons. The number of para-hydroxylation sites is 1. The van der Waals surface area contributed by atoms with Crippen LogP contribution in [0.5, 0.6) is 17.2 Å². The number of ether oxygens (including phenoxy) is 2. The Bertz CT molecular complexity index is 903. The van der Waals surface area contributed by atoms with E-state index in [1.807, 2.05) is 30.3 Å². The molecular formula is C22H19NO4.